The zero-order valence-electron chi connectivity index (χ0n) is 7.70. The number of benzene rings is 1. The SMILES string of the molecule is O=Cc1cccc(C(O)C(O)C(=O)O)c1. The van der Waals surface area contributed by atoms with E-state index in [1.54, 1.807) is 0 Å². The van der Waals surface area contributed by atoms with Crippen LogP contribution in [0.3, 0.4) is 0 Å². The summed E-state index contributed by atoms with van der Waals surface area (Å²) in [6.45, 7) is 0. The van der Waals surface area contributed by atoms with E-state index in [1.807, 2.05) is 0 Å². The smallest absolute Gasteiger partial charge is 0.335 e. The summed E-state index contributed by atoms with van der Waals surface area (Å²) in [7, 11) is 0. The number of carboxylic acids is 1. The second-order valence-electron chi connectivity index (χ2n) is 3.02. The van der Waals surface area contributed by atoms with Crippen molar-refractivity contribution < 1.29 is 24.9 Å². The first-order valence-electron chi connectivity index (χ1n) is 4.20. The zero-order valence-corrected chi connectivity index (χ0v) is 7.70. The molecule has 0 amide bonds. The summed E-state index contributed by atoms with van der Waals surface area (Å²) in [6.07, 6.45) is -2.86. The van der Waals surface area contributed by atoms with Crippen LogP contribution in [0.1, 0.15) is 22.0 Å². The van der Waals surface area contributed by atoms with Crippen molar-refractivity contribution in [1.82, 2.24) is 0 Å². The molecule has 0 bridgehead atoms. The summed E-state index contributed by atoms with van der Waals surface area (Å²) in [5, 5.41) is 27.0. The molecular weight excluding hydrogens is 200 g/mol. The molecule has 15 heavy (non-hydrogen) atoms. The molecule has 0 saturated heterocycles. The fraction of sp³-hybridized carbons (Fsp3) is 0.200. The van der Waals surface area contributed by atoms with E-state index in [9.17, 15) is 14.7 Å². The standard InChI is InChI=1S/C10H10O5/c11-5-6-2-1-3-7(4-6)8(12)9(13)10(14)15/h1-5,8-9,12-13H,(H,14,15). The third-order valence-electron chi connectivity index (χ3n) is 1.94. The number of carboxylic acid groups (broad SMARTS) is 1. The molecule has 0 aliphatic carbocycles. The lowest BCUT2D eigenvalue weighted by molar-refractivity contribution is -0.153. The summed E-state index contributed by atoms with van der Waals surface area (Å²) >= 11 is 0. The maximum Gasteiger partial charge on any atom is 0.335 e. The maximum absolute atomic E-state index is 10.4. The average Bonchev–Trinajstić information content (AvgIpc) is 2.27. The van der Waals surface area contributed by atoms with E-state index in [1.165, 1.54) is 24.3 Å². The normalized spacial score (nSPS) is 14.3. The Kier molecular flexibility index (Phi) is 3.54. The van der Waals surface area contributed by atoms with Gasteiger partial charge in [0.05, 0.1) is 0 Å². The first-order valence-corrected chi connectivity index (χ1v) is 4.20. The second-order valence-corrected chi connectivity index (χ2v) is 3.02. The fourth-order valence-corrected chi connectivity index (χ4v) is 1.13. The van der Waals surface area contributed by atoms with E-state index < -0.39 is 18.2 Å². The Bertz CT molecular complexity index is 374. The lowest BCUT2D eigenvalue weighted by atomic mass is 10.0. The number of carbonyl (C=O) groups excluding carboxylic acids is 1. The molecule has 0 heterocycles. The van der Waals surface area contributed by atoms with Gasteiger partial charge in [-0.3, -0.25) is 4.79 Å². The van der Waals surface area contributed by atoms with Crippen molar-refractivity contribution >= 4 is 12.3 Å². The van der Waals surface area contributed by atoms with E-state index in [0.717, 1.165) is 0 Å². The third kappa shape index (κ3) is 2.61. The Labute approximate surface area is 85.6 Å². The van der Waals surface area contributed by atoms with Crippen LogP contribution in [0.5, 0.6) is 0 Å². The Balaban J connectivity index is 2.95. The van der Waals surface area contributed by atoms with Gasteiger partial charge < -0.3 is 15.3 Å². The van der Waals surface area contributed by atoms with Gasteiger partial charge in [0.1, 0.15) is 12.4 Å². The number of aliphatic carboxylic acids is 1. The van der Waals surface area contributed by atoms with Crippen LogP contribution in [0.25, 0.3) is 0 Å². The van der Waals surface area contributed by atoms with Gasteiger partial charge in [-0.25, -0.2) is 4.79 Å². The molecule has 0 radical (unpaired) electrons. The van der Waals surface area contributed by atoms with E-state index in [0.29, 0.717) is 11.8 Å². The average molecular weight is 210 g/mol. The van der Waals surface area contributed by atoms with Crippen molar-refractivity contribution in [2.24, 2.45) is 0 Å². The van der Waals surface area contributed by atoms with Crippen molar-refractivity contribution in [2.45, 2.75) is 12.2 Å². The molecule has 0 aromatic heterocycles. The third-order valence-corrected chi connectivity index (χ3v) is 1.94. The lowest BCUT2D eigenvalue weighted by Crippen LogP contribution is -2.27. The predicted octanol–water partition coefficient (Wildman–Crippen LogP) is -0.0220. The van der Waals surface area contributed by atoms with E-state index in [2.05, 4.69) is 0 Å². The van der Waals surface area contributed by atoms with Gasteiger partial charge in [0.2, 0.25) is 0 Å². The topological polar surface area (TPSA) is 94.8 Å². The van der Waals surface area contributed by atoms with Gasteiger partial charge in [0.25, 0.3) is 0 Å². The molecule has 0 saturated carbocycles. The number of rotatable bonds is 4. The minimum Gasteiger partial charge on any atom is -0.479 e. The van der Waals surface area contributed by atoms with Gasteiger partial charge in [0.15, 0.2) is 6.10 Å². The van der Waals surface area contributed by atoms with Crippen LogP contribution in [-0.4, -0.2) is 33.7 Å². The molecule has 0 fully saturated rings. The molecule has 0 aliphatic rings. The molecule has 1 aromatic carbocycles. The summed E-state index contributed by atoms with van der Waals surface area (Å²) in [5.41, 5.74) is 0.499. The van der Waals surface area contributed by atoms with Crippen LogP contribution in [-0.2, 0) is 4.79 Å². The molecule has 2 atom stereocenters. The minimum absolute atomic E-state index is 0.189. The fourth-order valence-electron chi connectivity index (χ4n) is 1.13. The zero-order chi connectivity index (χ0) is 11.4. The highest BCUT2D eigenvalue weighted by molar-refractivity contribution is 5.76. The van der Waals surface area contributed by atoms with Crippen LogP contribution >= 0.6 is 0 Å². The Hall–Kier alpha value is -1.72. The number of aliphatic hydroxyl groups is 2. The van der Waals surface area contributed by atoms with Crippen LogP contribution in [0, 0.1) is 0 Å². The Morgan fingerprint density at radius 1 is 1.33 bits per heavy atom. The Morgan fingerprint density at radius 3 is 2.53 bits per heavy atom. The van der Waals surface area contributed by atoms with Gasteiger partial charge in [-0.2, -0.15) is 0 Å². The number of carbonyl (C=O) groups is 2. The quantitative estimate of drug-likeness (QED) is 0.607. The first-order chi connectivity index (χ1) is 7.06. The highest BCUT2D eigenvalue weighted by Gasteiger charge is 2.24. The number of hydrogen-bond acceptors (Lipinski definition) is 4. The van der Waals surface area contributed by atoms with Crippen LogP contribution < -0.4 is 0 Å². The maximum atomic E-state index is 10.4. The highest BCUT2D eigenvalue weighted by Crippen LogP contribution is 2.17. The number of aliphatic hydroxyl groups excluding tert-OH is 2. The van der Waals surface area contributed by atoms with Crippen molar-refractivity contribution in [1.29, 1.82) is 0 Å². The Morgan fingerprint density at radius 2 is 2.00 bits per heavy atom. The summed E-state index contributed by atoms with van der Waals surface area (Å²) in [6, 6.07) is 5.76. The molecule has 0 spiro atoms. The van der Waals surface area contributed by atoms with Crippen molar-refractivity contribution in [3.05, 3.63) is 35.4 Å². The van der Waals surface area contributed by atoms with Gasteiger partial charge in [0, 0.05) is 5.56 Å². The molecule has 5 nitrogen and oxygen atoms in total. The molecule has 3 N–H and O–H groups in total. The van der Waals surface area contributed by atoms with E-state index in [-0.39, 0.29) is 5.56 Å². The van der Waals surface area contributed by atoms with E-state index in [4.69, 9.17) is 10.2 Å². The van der Waals surface area contributed by atoms with Gasteiger partial charge in [-0.1, -0.05) is 18.2 Å². The largest absolute Gasteiger partial charge is 0.479 e. The van der Waals surface area contributed by atoms with Crippen LogP contribution in [0.15, 0.2) is 24.3 Å². The molecule has 5 heteroatoms. The number of aldehydes is 1. The number of hydrogen-bond donors (Lipinski definition) is 3. The van der Waals surface area contributed by atoms with Crippen LogP contribution in [0.4, 0.5) is 0 Å². The molecule has 0 aliphatic heterocycles. The molecule has 2 unspecified atom stereocenters. The molecule has 1 rings (SSSR count). The highest BCUT2D eigenvalue weighted by atomic mass is 16.4. The minimum atomic E-state index is -1.90. The lowest BCUT2D eigenvalue weighted by Gasteiger charge is -2.14. The summed E-state index contributed by atoms with van der Waals surface area (Å²) in [5.74, 6) is -1.51. The van der Waals surface area contributed by atoms with Gasteiger partial charge in [-0.05, 0) is 11.6 Å². The van der Waals surface area contributed by atoms with E-state index >= 15 is 0 Å². The molecule has 1 aromatic rings. The summed E-state index contributed by atoms with van der Waals surface area (Å²) < 4.78 is 0. The first kappa shape index (κ1) is 11.4. The van der Waals surface area contributed by atoms with Gasteiger partial charge >= 0.3 is 5.97 Å². The van der Waals surface area contributed by atoms with Crippen LogP contribution in [0.2, 0.25) is 0 Å². The van der Waals surface area contributed by atoms with Crippen molar-refractivity contribution in [3.8, 4) is 0 Å². The predicted molar refractivity (Wildman–Crippen MR) is 50.4 cm³/mol. The van der Waals surface area contributed by atoms with Gasteiger partial charge in [-0.15, -0.1) is 0 Å². The van der Waals surface area contributed by atoms with Crippen molar-refractivity contribution in [2.75, 3.05) is 0 Å². The molecular formula is C10H10O5. The summed E-state index contributed by atoms with van der Waals surface area (Å²) in [4.78, 5) is 20.8. The van der Waals surface area contributed by atoms with Crippen molar-refractivity contribution in [3.63, 3.8) is 0 Å². The second kappa shape index (κ2) is 4.68. The molecule has 80 valence electrons. The monoisotopic (exact) mass is 210 g/mol.